The highest BCUT2D eigenvalue weighted by atomic mass is 32.1. The molecule has 1 fully saturated rings. The van der Waals surface area contributed by atoms with Crippen LogP contribution < -0.4 is 10.6 Å². The standard InChI is InChI=1S/C15H17N5O2S/c21-14(20-8-2-1-3-9-20)11-4-6-12(7-5-11)17-15(22)18-13-10-16-23-19-13/h4-7,10H,1-3,8-9H2,(H2,17,18,19,22). The van der Waals surface area contributed by atoms with Crippen molar-refractivity contribution in [3.63, 3.8) is 0 Å². The third-order valence-corrected chi connectivity index (χ3v) is 4.11. The molecule has 23 heavy (non-hydrogen) atoms. The van der Waals surface area contributed by atoms with Crippen LogP contribution in [-0.2, 0) is 0 Å². The third kappa shape index (κ3) is 4.04. The van der Waals surface area contributed by atoms with Crippen LogP contribution in [0.3, 0.4) is 0 Å². The molecule has 0 spiro atoms. The van der Waals surface area contributed by atoms with E-state index in [-0.39, 0.29) is 5.91 Å². The van der Waals surface area contributed by atoms with Crippen molar-refractivity contribution in [2.75, 3.05) is 23.7 Å². The van der Waals surface area contributed by atoms with Gasteiger partial charge in [-0.25, -0.2) is 4.79 Å². The highest BCUT2D eigenvalue weighted by molar-refractivity contribution is 6.99. The van der Waals surface area contributed by atoms with Gasteiger partial charge in [-0.2, -0.15) is 8.75 Å². The molecule has 0 unspecified atom stereocenters. The van der Waals surface area contributed by atoms with E-state index in [0.29, 0.717) is 17.1 Å². The number of urea groups is 1. The molecule has 3 amide bonds. The molecule has 2 heterocycles. The molecule has 1 aliphatic heterocycles. The summed E-state index contributed by atoms with van der Waals surface area (Å²) in [6.45, 7) is 1.64. The van der Waals surface area contributed by atoms with Crippen molar-refractivity contribution in [3.8, 4) is 0 Å². The Hall–Kier alpha value is -2.48. The van der Waals surface area contributed by atoms with E-state index in [1.54, 1.807) is 24.3 Å². The van der Waals surface area contributed by atoms with Gasteiger partial charge >= 0.3 is 6.03 Å². The lowest BCUT2D eigenvalue weighted by Gasteiger charge is -2.26. The van der Waals surface area contributed by atoms with Gasteiger partial charge in [0.1, 0.15) is 0 Å². The lowest BCUT2D eigenvalue weighted by Crippen LogP contribution is -2.35. The number of benzene rings is 1. The summed E-state index contributed by atoms with van der Waals surface area (Å²) in [5.41, 5.74) is 1.25. The van der Waals surface area contributed by atoms with Crippen molar-refractivity contribution >= 4 is 35.2 Å². The van der Waals surface area contributed by atoms with Crippen LogP contribution in [0.2, 0.25) is 0 Å². The van der Waals surface area contributed by atoms with Crippen molar-refractivity contribution < 1.29 is 9.59 Å². The average Bonchev–Trinajstić information content (AvgIpc) is 3.08. The minimum Gasteiger partial charge on any atom is -0.339 e. The third-order valence-electron chi connectivity index (χ3n) is 3.64. The van der Waals surface area contributed by atoms with Gasteiger partial charge in [0.15, 0.2) is 5.82 Å². The normalized spacial score (nSPS) is 14.3. The van der Waals surface area contributed by atoms with Gasteiger partial charge in [0.2, 0.25) is 0 Å². The maximum absolute atomic E-state index is 12.4. The topological polar surface area (TPSA) is 87.2 Å². The number of hydrogen-bond acceptors (Lipinski definition) is 5. The summed E-state index contributed by atoms with van der Waals surface area (Å²) in [4.78, 5) is 26.0. The molecule has 1 aromatic heterocycles. The number of amides is 3. The summed E-state index contributed by atoms with van der Waals surface area (Å²) in [7, 11) is 0. The van der Waals surface area contributed by atoms with Gasteiger partial charge in [-0.3, -0.25) is 10.1 Å². The van der Waals surface area contributed by atoms with E-state index in [4.69, 9.17) is 0 Å². The maximum Gasteiger partial charge on any atom is 0.324 e. The Morgan fingerprint density at radius 1 is 1.04 bits per heavy atom. The number of carbonyl (C=O) groups excluding carboxylic acids is 2. The number of rotatable bonds is 3. The molecule has 0 saturated carbocycles. The first-order valence-electron chi connectivity index (χ1n) is 7.47. The first-order chi connectivity index (χ1) is 11.2. The Morgan fingerprint density at radius 2 is 1.78 bits per heavy atom. The molecule has 120 valence electrons. The van der Waals surface area contributed by atoms with Crippen LogP contribution in [0, 0.1) is 0 Å². The Bertz CT molecular complexity index is 666. The number of piperidine rings is 1. The summed E-state index contributed by atoms with van der Waals surface area (Å²) in [5.74, 6) is 0.457. The van der Waals surface area contributed by atoms with Gasteiger partial charge in [-0.05, 0) is 43.5 Å². The smallest absolute Gasteiger partial charge is 0.324 e. The van der Waals surface area contributed by atoms with Gasteiger partial charge in [-0.1, -0.05) is 0 Å². The van der Waals surface area contributed by atoms with Crippen molar-refractivity contribution in [1.82, 2.24) is 13.6 Å². The zero-order valence-corrected chi connectivity index (χ0v) is 13.3. The summed E-state index contributed by atoms with van der Waals surface area (Å²) in [5, 5.41) is 5.26. The maximum atomic E-state index is 12.4. The van der Waals surface area contributed by atoms with E-state index in [1.165, 1.54) is 12.6 Å². The van der Waals surface area contributed by atoms with Crippen molar-refractivity contribution in [2.45, 2.75) is 19.3 Å². The number of nitrogens with zero attached hydrogens (tertiary/aromatic N) is 3. The van der Waals surface area contributed by atoms with E-state index in [1.807, 2.05) is 4.90 Å². The Labute approximate surface area is 138 Å². The molecule has 0 aliphatic carbocycles. The fourth-order valence-electron chi connectivity index (χ4n) is 2.47. The zero-order chi connectivity index (χ0) is 16.1. The number of carbonyl (C=O) groups is 2. The zero-order valence-electron chi connectivity index (χ0n) is 12.5. The van der Waals surface area contributed by atoms with Crippen LogP contribution in [-0.4, -0.2) is 38.7 Å². The highest BCUT2D eigenvalue weighted by Gasteiger charge is 2.17. The second-order valence-electron chi connectivity index (χ2n) is 5.30. The quantitative estimate of drug-likeness (QED) is 0.905. The average molecular weight is 331 g/mol. The fourth-order valence-corrected chi connectivity index (χ4v) is 2.85. The van der Waals surface area contributed by atoms with Gasteiger partial charge in [0.25, 0.3) is 5.91 Å². The molecule has 1 saturated heterocycles. The molecule has 0 bridgehead atoms. The van der Waals surface area contributed by atoms with Crippen molar-refractivity contribution in [2.24, 2.45) is 0 Å². The highest BCUT2D eigenvalue weighted by Crippen LogP contribution is 2.15. The van der Waals surface area contributed by atoms with E-state index >= 15 is 0 Å². The first-order valence-corrected chi connectivity index (χ1v) is 8.20. The monoisotopic (exact) mass is 331 g/mol. The Balaban J connectivity index is 1.58. The van der Waals surface area contributed by atoms with Crippen molar-refractivity contribution in [3.05, 3.63) is 36.0 Å². The Kier molecular flexibility index (Phi) is 4.82. The molecule has 3 rings (SSSR count). The second kappa shape index (κ2) is 7.19. The number of hydrogen-bond donors (Lipinski definition) is 2. The molecule has 1 aliphatic rings. The van der Waals surface area contributed by atoms with Gasteiger partial charge in [-0.15, -0.1) is 0 Å². The van der Waals surface area contributed by atoms with Crippen molar-refractivity contribution in [1.29, 1.82) is 0 Å². The summed E-state index contributed by atoms with van der Waals surface area (Å²) in [6.07, 6.45) is 4.80. The van der Waals surface area contributed by atoms with Gasteiger partial charge in [0, 0.05) is 24.3 Å². The lowest BCUT2D eigenvalue weighted by atomic mass is 10.1. The van der Waals surface area contributed by atoms with Crippen LogP contribution >= 0.6 is 11.7 Å². The molecule has 1 aromatic carbocycles. The summed E-state index contributed by atoms with van der Waals surface area (Å²) >= 11 is 1.02. The predicted molar refractivity (Wildman–Crippen MR) is 88.7 cm³/mol. The minimum absolute atomic E-state index is 0.0502. The summed E-state index contributed by atoms with van der Waals surface area (Å²) < 4.78 is 7.70. The van der Waals surface area contributed by atoms with Crippen LogP contribution in [0.25, 0.3) is 0 Å². The van der Waals surface area contributed by atoms with Crippen LogP contribution in [0.1, 0.15) is 29.6 Å². The lowest BCUT2D eigenvalue weighted by molar-refractivity contribution is 0.0724. The van der Waals surface area contributed by atoms with E-state index < -0.39 is 6.03 Å². The molecule has 2 N–H and O–H groups in total. The SMILES string of the molecule is O=C(Nc1ccc(C(=O)N2CCCCC2)cc1)Nc1cnsn1. The second-order valence-corrected chi connectivity index (χ2v) is 5.86. The predicted octanol–water partition coefficient (Wildman–Crippen LogP) is 2.81. The minimum atomic E-state index is -0.396. The van der Waals surface area contributed by atoms with Gasteiger partial charge in [0.05, 0.1) is 17.9 Å². The first kappa shape index (κ1) is 15.4. The van der Waals surface area contributed by atoms with Gasteiger partial charge < -0.3 is 10.2 Å². The fraction of sp³-hybridized carbons (Fsp3) is 0.333. The largest absolute Gasteiger partial charge is 0.339 e. The van der Waals surface area contributed by atoms with E-state index in [9.17, 15) is 9.59 Å². The number of aromatic nitrogens is 2. The number of anilines is 2. The molecule has 0 radical (unpaired) electrons. The molecule has 0 atom stereocenters. The van der Waals surface area contributed by atoms with Crippen LogP contribution in [0.5, 0.6) is 0 Å². The molecular formula is C15H17N5O2S. The molecular weight excluding hydrogens is 314 g/mol. The van der Waals surface area contributed by atoms with Crippen LogP contribution in [0.4, 0.5) is 16.3 Å². The van der Waals surface area contributed by atoms with E-state index in [2.05, 4.69) is 19.4 Å². The summed E-state index contributed by atoms with van der Waals surface area (Å²) in [6, 6.07) is 6.51. The number of nitrogens with one attached hydrogen (secondary N) is 2. The van der Waals surface area contributed by atoms with E-state index in [0.717, 1.165) is 37.7 Å². The molecule has 8 heteroatoms. The molecule has 2 aromatic rings. The Morgan fingerprint density at radius 3 is 2.43 bits per heavy atom. The number of likely N-dealkylation sites (tertiary alicyclic amines) is 1. The molecule has 7 nitrogen and oxygen atoms in total. The van der Waals surface area contributed by atoms with Crippen LogP contribution in [0.15, 0.2) is 30.5 Å².